The minimum absolute atomic E-state index is 0.00680. The number of hydrogen-bond donors (Lipinski definition) is 5. The Balaban J connectivity index is 1.27. The van der Waals surface area contributed by atoms with Crippen molar-refractivity contribution in [3.05, 3.63) is 60.8 Å². The molecule has 1 aromatic heterocycles. The summed E-state index contributed by atoms with van der Waals surface area (Å²) in [5.41, 5.74) is 5.48. The van der Waals surface area contributed by atoms with Crippen LogP contribution in [0, 0.1) is 5.92 Å². The van der Waals surface area contributed by atoms with E-state index in [0.29, 0.717) is 30.3 Å². The van der Waals surface area contributed by atoms with Gasteiger partial charge in [-0.2, -0.15) is 0 Å². The van der Waals surface area contributed by atoms with Crippen LogP contribution in [0.3, 0.4) is 0 Å². The maximum Gasteiger partial charge on any atom is 0.243 e. The van der Waals surface area contributed by atoms with Gasteiger partial charge in [-0.25, -0.2) is 23.9 Å². The number of rotatable bonds is 11. The fourth-order valence-electron chi connectivity index (χ4n) is 4.45. The predicted molar refractivity (Wildman–Crippen MR) is 153 cm³/mol. The average Bonchev–Trinajstić information content (AvgIpc) is 2.95. The van der Waals surface area contributed by atoms with E-state index in [2.05, 4.69) is 30.2 Å². The number of benzene rings is 2. The van der Waals surface area contributed by atoms with Crippen molar-refractivity contribution in [2.45, 2.75) is 25.7 Å². The van der Waals surface area contributed by atoms with Crippen LogP contribution in [0.25, 0.3) is 11.3 Å². The first-order valence-electron chi connectivity index (χ1n) is 12.9. The Morgan fingerprint density at radius 2 is 1.68 bits per heavy atom. The average molecular weight is 568 g/mol. The number of sulfonamides is 1. The third-order valence-electron chi connectivity index (χ3n) is 6.50. The lowest BCUT2D eigenvalue weighted by Crippen LogP contribution is -2.40. The van der Waals surface area contributed by atoms with Gasteiger partial charge in [0.1, 0.15) is 0 Å². The standard InChI is InChI=1S/C27H33N7O5S/c1-40(38,39)33-22-6-4-19(5-7-22)24-12-16-29-27(31-24)30-21-8-10-23(11-9-21)34-17-13-20(14-18-34)26(36)28-15-2-3-25(35)32-37/h4-12,16,20,33,37H,2-3,13-15,17-18H2,1H3,(H,28,36)(H,32,35)(H,29,30,31). The number of carbonyl (C=O) groups excluding carboxylic acids is 2. The van der Waals surface area contributed by atoms with E-state index in [-0.39, 0.29) is 18.2 Å². The molecule has 0 unspecified atom stereocenters. The van der Waals surface area contributed by atoms with Gasteiger partial charge in [-0.15, -0.1) is 0 Å². The van der Waals surface area contributed by atoms with Crippen molar-refractivity contribution in [1.82, 2.24) is 20.8 Å². The van der Waals surface area contributed by atoms with Crippen molar-refractivity contribution >= 4 is 44.8 Å². The molecule has 1 aliphatic rings. The lowest BCUT2D eigenvalue weighted by molar-refractivity contribution is -0.130. The number of hydroxylamine groups is 1. The molecule has 0 bridgehead atoms. The van der Waals surface area contributed by atoms with E-state index in [1.165, 1.54) is 0 Å². The lowest BCUT2D eigenvalue weighted by atomic mass is 9.95. The number of nitrogens with one attached hydrogen (secondary N) is 4. The summed E-state index contributed by atoms with van der Waals surface area (Å²) in [6.45, 7) is 1.94. The molecule has 12 nitrogen and oxygen atoms in total. The molecule has 2 heterocycles. The van der Waals surface area contributed by atoms with Gasteiger partial charge in [-0.3, -0.25) is 19.5 Å². The highest BCUT2D eigenvalue weighted by Crippen LogP contribution is 2.26. The molecule has 0 radical (unpaired) electrons. The van der Waals surface area contributed by atoms with Gasteiger partial charge < -0.3 is 15.5 Å². The molecule has 1 fully saturated rings. The first-order valence-corrected chi connectivity index (χ1v) is 14.8. The topological polar surface area (TPSA) is 166 Å². The fraction of sp³-hybridized carbons (Fsp3) is 0.333. The van der Waals surface area contributed by atoms with E-state index in [1.807, 2.05) is 24.3 Å². The van der Waals surface area contributed by atoms with Crippen LogP contribution in [0.2, 0.25) is 0 Å². The van der Waals surface area contributed by atoms with Gasteiger partial charge in [-0.05, 0) is 61.7 Å². The molecule has 212 valence electrons. The maximum atomic E-state index is 12.4. The summed E-state index contributed by atoms with van der Waals surface area (Å²) in [5.74, 6) is -0.0707. The molecular formula is C27H33N7O5S. The van der Waals surface area contributed by atoms with Crippen LogP contribution in [0.1, 0.15) is 25.7 Å². The molecule has 13 heteroatoms. The Bertz CT molecular complexity index is 1410. The molecule has 0 saturated carbocycles. The van der Waals surface area contributed by atoms with Gasteiger partial charge in [0.25, 0.3) is 0 Å². The van der Waals surface area contributed by atoms with E-state index >= 15 is 0 Å². The smallest absolute Gasteiger partial charge is 0.243 e. The summed E-state index contributed by atoms with van der Waals surface area (Å²) < 4.78 is 25.3. The number of piperidine rings is 1. The molecule has 2 amide bonds. The summed E-state index contributed by atoms with van der Waals surface area (Å²) in [6.07, 6.45) is 4.90. The van der Waals surface area contributed by atoms with Crippen LogP contribution in [0.4, 0.5) is 23.0 Å². The van der Waals surface area contributed by atoms with Gasteiger partial charge in [0.2, 0.25) is 27.8 Å². The summed E-state index contributed by atoms with van der Waals surface area (Å²) in [7, 11) is -3.34. The van der Waals surface area contributed by atoms with Gasteiger partial charge in [0, 0.05) is 60.8 Å². The Hall–Kier alpha value is -4.23. The van der Waals surface area contributed by atoms with Crippen LogP contribution in [0.5, 0.6) is 0 Å². The summed E-state index contributed by atoms with van der Waals surface area (Å²) in [5, 5.41) is 14.6. The molecule has 5 N–H and O–H groups in total. The second-order valence-electron chi connectivity index (χ2n) is 9.58. The minimum atomic E-state index is -3.34. The largest absolute Gasteiger partial charge is 0.371 e. The zero-order chi connectivity index (χ0) is 28.5. The van der Waals surface area contributed by atoms with Crippen molar-refractivity contribution in [1.29, 1.82) is 0 Å². The van der Waals surface area contributed by atoms with Crippen molar-refractivity contribution < 1.29 is 23.2 Å². The molecule has 0 spiro atoms. The molecule has 4 rings (SSSR count). The van der Waals surface area contributed by atoms with Crippen molar-refractivity contribution in [3.63, 3.8) is 0 Å². The van der Waals surface area contributed by atoms with Crippen molar-refractivity contribution in [2.24, 2.45) is 5.92 Å². The second kappa shape index (κ2) is 13.2. The van der Waals surface area contributed by atoms with Gasteiger partial charge in [0.05, 0.1) is 11.9 Å². The van der Waals surface area contributed by atoms with E-state index in [9.17, 15) is 18.0 Å². The zero-order valence-electron chi connectivity index (χ0n) is 22.1. The fourth-order valence-corrected chi connectivity index (χ4v) is 5.01. The Kier molecular flexibility index (Phi) is 9.51. The molecule has 2 aromatic carbocycles. The number of aromatic nitrogens is 2. The lowest BCUT2D eigenvalue weighted by Gasteiger charge is -2.33. The summed E-state index contributed by atoms with van der Waals surface area (Å²) in [4.78, 5) is 34.6. The summed E-state index contributed by atoms with van der Waals surface area (Å²) in [6, 6.07) is 16.7. The Morgan fingerprint density at radius 3 is 2.33 bits per heavy atom. The predicted octanol–water partition coefficient (Wildman–Crippen LogP) is 2.88. The van der Waals surface area contributed by atoms with E-state index in [0.717, 1.165) is 49.1 Å². The first kappa shape index (κ1) is 28.8. The highest BCUT2D eigenvalue weighted by Gasteiger charge is 2.25. The molecule has 0 atom stereocenters. The SMILES string of the molecule is CS(=O)(=O)Nc1ccc(-c2ccnc(Nc3ccc(N4CCC(C(=O)NCCCC(=O)NO)CC4)cc3)n2)cc1. The highest BCUT2D eigenvalue weighted by atomic mass is 32.2. The number of carbonyl (C=O) groups is 2. The number of amides is 2. The molecule has 1 aliphatic heterocycles. The second-order valence-corrected chi connectivity index (χ2v) is 11.3. The zero-order valence-corrected chi connectivity index (χ0v) is 22.9. The monoisotopic (exact) mass is 567 g/mol. The Morgan fingerprint density at radius 1 is 1.00 bits per heavy atom. The Labute approximate surface area is 233 Å². The van der Waals surface area contributed by atoms with Gasteiger partial charge in [-0.1, -0.05) is 12.1 Å². The molecule has 0 aliphatic carbocycles. The first-order chi connectivity index (χ1) is 19.2. The quantitative estimate of drug-likeness (QED) is 0.133. The van der Waals surface area contributed by atoms with E-state index in [4.69, 9.17) is 5.21 Å². The van der Waals surface area contributed by atoms with E-state index < -0.39 is 15.9 Å². The number of nitrogens with zero attached hydrogens (tertiary/aromatic N) is 3. The van der Waals surface area contributed by atoms with Crippen LogP contribution in [-0.4, -0.2) is 61.3 Å². The third kappa shape index (κ3) is 8.38. The van der Waals surface area contributed by atoms with Gasteiger partial charge in [0.15, 0.2) is 0 Å². The number of hydrogen-bond acceptors (Lipinski definition) is 9. The van der Waals surface area contributed by atoms with Crippen LogP contribution >= 0.6 is 0 Å². The summed E-state index contributed by atoms with van der Waals surface area (Å²) >= 11 is 0. The molecule has 1 saturated heterocycles. The van der Waals surface area contributed by atoms with Crippen LogP contribution in [0.15, 0.2) is 60.8 Å². The van der Waals surface area contributed by atoms with Crippen LogP contribution < -0.4 is 25.7 Å². The van der Waals surface area contributed by atoms with Gasteiger partial charge >= 0.3 is 0 Å². The molecular weight excluding hydrogens is 534 g/mol. The highest BCUT2D eigenvalue weighted by molar-refractivity contribution is 7.92. The third-order valence-corrected chi connectivity index (χ3v) is 7.10. The molecule has 40 heavy (non-hydrogen) atoms. The maximum absolute atomic E-state index is 12.4. The normalized spacial score (nSPS) is 13.9. The van der Waals surface area contributed by atoms with Crippen molar-refractivity contribution in [3.8, 4) is 11.3 Å². The van der Waals surface area contributed by atoms with Crippen molar-refractivity contribution in [2.75, 3.05) is 40.8 Å². The van der Waals surface area contributed by atoms with E-state index in [1.54, 1.807) is 42.0 Å². The van der Waals surface area contributed by atoms with Crippen LogP contribution in [-0.2, 0) is 19.6 Å². The molecule has 3 aromatic rings. The minimum Gasteiger partial charge on any atom is -0.371 e. The number of anilines is 4.